The predicted molar refractivity (Wildman–Crippen MR) is 114 cm³/mol. The second-order valence-electron chi connectivity index (χ2n) is 9.02. The van der Waals surface area contributed by atoms with E-state index in [1.807, 2.05) is 6.08 Å². The summed E-state index contributed by atoms with van der Waals surface area (Å²) in [5.74, 6) is 0.150. The minimum Gasteiger partial charge on any atom is -0.466 e. The van der Waals surface area contributed by atoms with E-state index < -0.39 is 0 Å². The van der Waals surface area contributed by atoms with Gasteiger partial charge in [-0.15, -0.1) is 0 Å². The molecular formula is C25H34O3. The fourth-order valence-corrected chi connectivity index (χ4v) is 5.83. The molecule has 2 fully saturated rings. The number of hydrogen-bond acceptors (Lipinski definition) is 3. The summed E-state index contributed by atoms with van der Waals surface area (Å²) in [5, 5.41) is 0. The zero-order valence-corrected chi connectivity index (χ0v) is 18.1. The molecule has 3 aliphatic rings. The molecule has 1 heterocycles. The summed E-state index contributed by atoms with van der Waals surface area (Å²) in [6, 6.07) is 0. The van der Waals surface area contributed by atoms with Crippen LogP contribution in [-0.2, 0) is 14.3 Å². The number of hydrogen-bond donors (Lipinski definition) is 0. The lowest BCUT2D eigenvalue weighted by atomic mass is 9.49. The van der Waals surface area contributed by atoms with Crippen LogP contribution in [-0.4, -0.2) is 25.8 Å². The Kier molecular flexibility index (Phi) is 5.60. The molecule has 0 spiro atoms. The molecule has 0 aromatic heterocycles. The fourth-order valence-electron chi connectivity index (χ4n) is 5.83. The minimum atomic E-state index is -0.223. The van der Waals surface area contributed by atoms with Gasteiger partial charge in [0.2, 0.25) is 0 Å². The Morgan fingerprint density at radius 1 is 1.39 bits per heavy atom. The molecule has 0 radical (unpaired) electrons. The molecule has 152 valence electrons. The van der Waals surface area contributed by atoms with Crippen LogP contribution in [0.25, 0.3) is 0 Å². The van der Waals surface area contributed by atoms with Crippen molar-refractivity contribution in [2.45, 2.75) is 59.5 Å². The molecule has 1 aliphatic heterocycles. The van der Waals surface area contributed by atoms with Gasteiger partial charge in [0.25, 0.3) is 0 Å². The summed E-state index contributed by atoms with van der Waals surface area (Å²) in [4.78, 5) is 12.4. The zero-order valence-electron chi connectivity index (χ0n) is 18.1. The summed E-state index contributed by atoms with van der Waals surface area (Å²) in [5.41, 5.74) is 5.55. The van der Waals surface area contributed by atoms with E-state index in [9.17, 15) is 4.79 Å². The molecule has 0 unspecified atom stereocenters. The first kappa shape index (κ1) is 20.9. The number of carbonyl (C=O) groups is 1. The van der Waals surface area contributed by atoms with Gasteiger partial charge in [-0.1, -0.05) is 55.0 Å². The van der Waals surface area contributed by atoms with Gasteiger partial charge in [0.1, 0.15) is 0 Å². The van der Waals surface area contributed by atoms with Crippen LogP contribution in [0.3, 0.4) is 0 Å². The largest absolute Gasteiger partial charge is 0.466 e. The van der Waals surface area contributed by atoms with Gasteiger partial charge in [-0.05, 0) is 63.4 Å². The highest BCUT2D eigenvalue weighted by molar-refractivity contribution is 5.91. The number of carbonyl (C=O) groups excluding carboxylic acids is 1. The second-order valence-corrected chi connectivity index (χ2v) is 9.02. The Morgan fingerprint density at radius 2 is 2.11 bits per heavy atom. The third-order valence-electron chi connectivity index (χ3n) is 7.45. The molecule has 0 aromatic rings. The normalized spacial score (nSPS) is 34.6. The first-order chi connectivity index (χ1) is 13.2. The van der Waals surface area contributed by atoms with Crippen molar-refractivity contribution < 1.29 is 14.3 Å². The van der Waals surface area contributed by atoms with Crippen molar-refractivity contribution in [2.24, 2.45) is 16.7 Å². The average Bonchev–Trinajstić information content (AvgIpc) is 3.00. The van der Waals surface area contributed by atoms with Crippen molar-refractivity contribution in [1.29, 1.82) is 0 Å². The SMILES string of the molecule is C=C/C(C)=C/CC[C@@]1(C)C2=CCC(C(=O)OC)=C3CO[C@@H](C[C@@H]1C(=C)C)[C@@]23C. The summed E-state index contributed by atoms with van der Waals surface area (Å²) in [7, 11) is 1.46. The van der Waals surface area contributed by atoms with Crippen LogP contribution in [0, 0.1) is 16.7 Å². The molecule has 4 atom stereocenters. The molecule has 2 aliphatic carbocycles. The van der Waals surface area contributed by atoms with Crippen LogP contribution in [0.2, 0.25) is 0 Å². The summed E-state index contributed by atoms with van der Waals surface area (Å²) in [6.07, 6.45) is 10.2. The minimum absolute atomic E-state index is 0.00433. The third-order valence-corrected chi connectivity index (χ3v) is 7.45. The highest BCUT2D eigenvalue weighted by Crippen LogP contribution is 2.64. The molecule has 0 amide bonds. The van der Waals surface area contributed by atoms with Gasteiger partial charge in [-0.25, -0.2) is 4.79 Å². The van der Waals surface area contributed by atoms with Gasteiger partial charge in [-0.2, -0.15) is 0 Å². The Balaban J connectivity index is 2.05. The van der Waals surface area contributed by atoms with Crippen LogP contribution in [0.15, 0.2) is 59.3 Å². The maximum absolute atomic E-state index is 12.4. The van der Waals surface area contributed by atoms with Crippen molar-refractivity contribution in [3.05, 3.63) is 59.3 Å². The zero-order chi connectivity index (χ0) is 20.7. The van der Waals surface area contributed by atoms with E-state index in [0.717, 1.165) is 30.4 Å². The maximum Gasteiger partial charge on any atom is 0.334 e. The van der Waals surface area contributed by atoms with Crippen LogP contribution < -0.4 is 0 Å². The summed E-state index contributed by atoms with van der Waals surface area (Å²) >= 11 is 0. The molecule has 3 heteroatoms. The summed E-state index contributed by atoms with van der Waals surface area (Å²) < 4.78 is 11.3. The second kappa shape index (κ2) is 7.51. The Labute approximate surface area is 169 Å². The number of ether oxygens (including phenoxy) is 2. The van der Waals surface area contributed by atoms with Gasteiger partial charge in [0.15, 0.2) is 0 Å². The van der Waals surface area contributed by atoms with E-state index in [2.05, 4.69) is 53.0 Å². The van der Waals surface area contributed by atoms with Crippen molar-refractivity contribution in [2.75, 3.05) is 13.7 Å². The highest BCUT2D eigenvalue weighted by Gasteiger charge is 2.60. The Morgan fingerprint density at radius 3 is 2.71 bits per heavy atom. The predicted octanol–water partition coefficient (Wildman–Crippen LogP) is 5.71. The van der Waals surface area contributed by atoms with Crippen molar-refractivity contribution in [3.63, 3.8) is 0 Å². The van der Waals surface area contributed by atoms with E-state index in [0.29, 0.717) is 18.9 Å². The lowest BCUT2D eigenvalue weighted by molar-refractivity contribution is -0.136. The van der Waals surface area contributed by atoms with Crippen LogP contribution in [0.1, 0.15) is 53.4 Å². The van der Waals surface area contributed by atoms with Crippen molar-refractivity contribution >= 4 is 5.97 Å². The van der Waals surface area contributed by atoms with Crippen LogP contribution >= 0.6 is 0 Å². The van der Waals surface area contributed by atoms with E-state index in [-0.39, 0.29) is 22.9 Å². The highest BCUT2D eigenvalue weighted by atomic mass is 16.5. The van der Waals surface area contributed by atoms with Crippen LogP contribution in [0.5, 0.6) is 0 Å². The Hall–Kier alpha value is -1.87. The smallest absolute Gasteiger partial charge is 0.334 e. The first-order valence-electron chi connectivity index (χ1n) is 10.3. The molecule has 28 heavy (non-hydrogen) atoms. The molecular weight excluding hydrogens is 348 g/mol. The molecule has 3 rings (SSSR count). The van der Waals surface area contributed by atoms with Gasteiger partial charge in [-0.3, -0.25) is 0 Å². The lowest BCUT2D eigenvalue weighted by Crippen LogP contribution is -2.50. The fraction of sp³-hybridized carbons (Fsp3) is 0.560. The van der Waals surface area contributed by atoms with Gasteiger partial charge >= 0.3 is 5.97 Å². The van der Waals surface area contributed by atoms with Gasteiger partial charge in [0, 0.05) is 11.0 Å². The van der Waals surface area contributed by atoms with Crippen molar-refractivity contribution in [1.82, 2.24) is 0 Å². The standard InChI is InChI=1S/C25H34O3/c1-8-17(4)10-9-13-24(5)19(16(2)3)14-22-25(6)20(15-28-22)18(23(26)27-7)11-12-21(24)25/h8,10,12,19,22H,1-2,9,11,13-15H2,3-7H3/b17-10+/t19-,22+,24-,25-/m1/s1. The Bertz CT molecular complexity index is 797. The first-order valence-corrected chi connectivity index (χ1v) is 10.3. The third kappa shape index (κ3) is 3.04. The number of methoxy groups -OCH3 is 1. The number of esters is 1. The maximum atomic E-state index is 12.4. The van der Waals surface area contributed by atoms with Crippen molar-refractivity contribution in [3.8, 4) is 0 Å². The molecule has 0 aromatic carbocycles. The molecule has 1 saturated heterocycles. The number of rotatable bonds is 6. The van der Waals surface area contributed by atoms with Gasteiger partial charge < -0.3 is 9.47 Å². The summed E-state index contributed by atoms with van der Waals surface area (Å²) in [6.45, 7) is 17.6. The lowest BCUT2D eigenvalue weighted by Gasteiger charge is -2.55. The molecule has 3 nitrogen and oxygen atoms in total. The van der Waals surface area contributed by atoms with E-state index in [1.165, 1.54) is 23.8 Å². The van der Waals surface area contributed by atoms with Gasteiger partial charge in [0.05, 0.1) is 19.8 Å². The molecule has 0 bridgehead atoms. The van der Waals surface area contributed by atoms with E-state index in [4.69, 9.17) is 9.47 Å². The number of allylic oxidation sites excluding steroid dienone is 5. The monoisotopic (exact) mass is 382 g/mol. The topological polar surface area (TPSA) is 35.5 Å². The molecule has 1 saturated carbocycles. The van der Waals surface area contributed by atoms with Crippen LogP contribution in [0.4, 0.5) is 0 Å². The quantitative estimate of drug-likeness (QED) is 0.335. The molecule has 0 N–H and O–H groups in total. The van der Waals surface area contributed by atoms with E-state index >= 15 is 0 Å². The average molecular weight is 383 g/mol. The van der Waals surface area contributed by atoms with E-state index in [1.54, 1.807) is 0 Å².